The molecular formula is C14H20Cl2N2. The van der Waals surface area contributed by atoms with E-state index in [1.54, 1.807) is 0 Å². The van der Waals surface area contributed by atoms with Gasteiger partial charge in [0.25, 0.3) is 0 Å². The normalized spacial score (nSPS) is 19.7. The Bertz CT molecular complexity index is 389. The molecule has 18 heavy (non-hydrogen) atoms. The highest BCUT2D eigenvalue weighted by atomic mass is 35.5. The lowest BCUT2D eigenvalue weighted by molar-refractivity contribution is 0.199. The van der Waals surface area contributed by atoms with Gasteiger partial charge in [0.15, 0.2) is 0 Å². The molecule has 2 nitrogen and oxygen atoms in total. The van der Waals surface area contributed by atoms with Crippen LogP contribution in [0, 0.1) is 0 Å². The first-order valence-corrected chi connectivity index (χ1v) is 7.35. The van der Waals surface area contributed by atoms with Crippen molar-refractivity contribution in [2.75, 3.05) is 19.6 Å². The van der Waals surface area contributed by atoms with E-state index in [0.717, 1.165) is 48.2 Å². The minimum absolute atomic E-state index is 0.625. The van der Waals surface area contributed by atoms with Crippen molar-refractivity contribution in [3.63, 3.8) is 0 Å². The summed E-state index contributed by atoms with van der Waals surface area (Å²) < 4.78 is 0. The van der Waals surface area contributed by atoms with Crippen LogP contribution in [0.5, 0.6) is 0 Å². The van der Waals surface area contributed by atoms with Gasteiger partial charge in [0.1, 0.15) is 0 Å². The van der Waals surface area contributed by atoms with E-state index in [9.17, 15) is 0 Å². The molecule has 0 bridgehead atoms. The second-order valence-corrected chi connectivity index (χ2v) is 5.70. The standard InChI is InChI=1S/C14H20Cl2N2/c1-2-7-18(13-5-6-17-9-13)10-11-8-12(15)3-4-14(11)16/h3-4,8,13,17H,2,5-7,9-10H2,1H3. The summed E-state index contributed by atoms with van der Waals surface area (Å²) in [5.74, 6) is 0. The van der Waals surface area contributed by atoms with Gasteiger partial charge >= 0.3 is 0 Å². The quantitative estimate of drug-likeness (QED) is 0.890. The summed E-state index contributed by atoms with van der Waals surface area (Å²) in [5.41, 5.74) is 1.13. The number of nitrogens with one attached hydrogen (secondary N) is 1. The fourth-order valence-electron chi connectivity index (χ4n) is 2.51. The van der Waals surface area contributed by atoms with E-state index in [1.165, 1.54) is 6.42 Å². The molecule has 0 spiro atoms. The topological polar surface area (TPSA) is 15.3 Å². The van der Waals surface area contributed by atoms with Crippen LogP contribution in [-0.4, -0.2) is 30.6 Å². The largest absolute Gasteiger partial charge is 0.315 e. The summed E-state index contributed by atoms with van der Waals surface area (Å²) in [6.07, 6.45) is 2.38. The zero-order valence-corrected chi connectivity index (χ0v) is 12.3. The molecular weight excluding hydrogens is 267 g/mol. The summed E-state index contributed by atoms with van der Waals surface area (Å²) in [5, 5.41) is 4.99. The Hall–Kier alpha value is -0.280. The Morgan fingerprint density at radius 2 is 2.22 bits per heavy atom. The van der Waals surface area contributed by atoms with E-state index in [1.807, 2.05) is 18.2 Å². The van der Waals surface area contributed by atoms with Gasteiger partial charge in [0.05, 0.1) is 0 Å². The molecule has 1 atom stereocenters. The van der Waals surface area contributed by atoms with Crippen LogP contribution in [0.3, 0.4) is 0 Å². The molecule has 0 radical (unpaired) electrons. The maximum Gasteiger partial charge on any atom is 0.0452 e. The van der Waals surface area contributed by atoms with Gasteiger partial charge in [-0.15, -0.1) is 0 Å². The molecule has 0 aromatic heterocycles. The lowest BCUT2D eigenvalue weighted by atomic mass is 10.1. The highest BCUT2D eigenvalue weighted by Crippen LogP contribution is 2.23. The molecule has 1 unspecified atom stereocenters. The third kappa shape index (κ3) is 3.61. The Morgan fingerprint density at radius 1 is 1.39 bits per heavy atom. The number of benzene rings is 1. The minimum atomic E-state index is 0.625. The summed E-state index contributed by atoms with van der Waals surface area (Å²) in [6, 6.07) is 6.33. The number of hydrogen-bond acceptors (Lipinski definition) is 2. The van der Waals surface area contributed by atoms with Crippen molar-refractivity contribution in [2.24, 2.45) is 0 Å². The maximum absolute atomic E-state index is 6.25. The maximum atomic E-state index is 6.25. The van der Waals surface area contributed by atoms with Crippen LogP contribution in [-0.2, 0) is 6.54 Å². The van der Waals surface area contributed by atoms with Gasteiger partial charge in [-0.2, -0.15) is 0 Å². The molecule has 1 N–H and O–H groups in total. The molecule has 0 aliphatic carbocycles. The zero-order valence-electron chi connectivity index (χ0n) is 10.8. The number of halogens is 2. The van der Waals surface area contributed by atoms with E-state index in [-0.39, 0.29) is 0 Å². The molecule has 1 aliphatic rings. The molecule has 1 heterocycles. The van der Waals surface area contributed by atoms with Crippen molar-refractivity contribution in [2.45, 2.75) is 32.4 Å². The third-order valence-electron chi connectivity index (χ3n) is 3.44. The van der Waals surface area contributed by atoms with Crippen LogP contribution in [0.2, 0.25) is 10.0 Å². The summed E-state index contributed by atoms with van der Waals surface area (Å²) in [4.78, 5) is 2.51. The van der Waals surface area contributed by atoms with E-state index >= 15 is 0 Å². The Morgan fingerprint density at radius 3 is 2.89 bits per heavy atom. The Balaban J connectivity index is 2.09. The molecule has 1 aliphatic heterocycles. The molecule has 0 saturated carbocycles. The van der Waals surface area contributed by atoms with E-state index in [4.69, 9.17) is 23.2 Å². The van der Waals surface area contributed by atoms with Crippen molar-refractivity contribution < 1.29 is 0 Å². The molecule has 4 heteroatoms. The molecule has 0 amide bonds. The van der Waals surface area contributed by atoms with E-state index < -0.39 is 0 Å². The first-order valence-electron chi connectivity index (χ1n) is 6.59. The fraction of sp³-hybridized carbons (Fsp3) is 0.571. The smallest absolute Gasteiger partial charge is 0.0452 e. The summed E-state index contributed by atoms with van der Waals surface area (Å²) in [6.45, 7) is 6.41. The Labute approximate surface area is 119 Å². The highest BCUT2D eigenvalue weighted by Gasteiger charge is 2.22. The van der Waals surface area contributed by atoms with Gasteiger partial charge in [-0.1, -0.05) is 30.1 Å². The monoisotopic (exact) mass is 286 g/mol. The number of rotatable bonds is 5. The molecule has 1 fully saturated rings. The summed E-state index contributed by atoms with van der Waals surface area (Å²) >= 11 is 12.3. The van der Waals surface area contributed by atoms with E-state index in [0.29, 0.717) is 6.04 Å². The predicted molar refractivity (Wildman–Crippen MR) is 78.4 cm³/mol. The molecule has 1 aromatic rings. The van der Waals surface area contributed by atoms with Gasteiger partial charge in [-0.05, 0) is 49.7 Å². The van der Waals surface area contributed by atoms with Crippen LogP contribution in [0.15, 0.2) is 18.2 Å². The van der Waals surface area contributed by atoms with Gasteiger partial charge in [-0.25, -0.2) is 0 Å². The SMILES string of the molecule is CCCN(Cc1cc(Cl)ccc1Cl)C1CCNC1. The zero-order chi connectivity index (χ0) is 13.0. The lowest BCUT2D eigenvalue weighted by Gasteiger charge is -2.28. The van der Waals surface area contributed by atoms with Crippen molar-refractivity contribution in [1.82, 2.24) is 10.2 Å². The van der Waals surface area contributed by atoms with Gasteiger partial charge in [-0.3, -0.25) is 4.90 Å². The lowest BCUT2D eigenvalue weighted by Crippen LogP contribution is -2.37. The van der Waals surface area contributed by atoms with Crippen molar-refractivity contribution in [3.8, 4) is 0 Å². The second kappa shape index (κ2) is 6.76. The highest BCUT2D eigenvalue weighted by molar-refractivity contribution is 6.33. The fourth-order valence-corrected chi connectivity index (χ4v) is 2.88. The van der Waals surface area contributed by atoms with E-state index in [2.05, 4.69) is 17.1 Å². The van der Waals surface area contributed by atoms with Crippen LogP contribution in [0.1, 0.15) is 25.3 Å². The molecule has 1 saturated heterocycles. The minimum Gasteiger partial charge on any atom is -0.315 e. The van der Waals surface area contributed by atoms with Crippen LogP contribution < -0.4 is 5.32 Å². The molecule has 100 valence electrons. The van der Waals surface area contributed by atoms with Crippen molar-refractivity contribution >= 4 is 23.2 Å². The Kier molecular flexibility index (Phi) is 5.31. The summed E-state index contributed by atoms with van der Waals surface area (Å²) in [7, 11) is 0. The van der Waals surface area contributed by atoms with Gasteiger partial charge in [0.2, 0.25) is 0 Å². The van der Waals surface area contributed by atoms with Crippen molar-refractivity contribution in [1.29, 1.82) is 0 Å². The average molecular weight is 287 g/mol. The number of hydrogen-bond donors (Lipinski definition) is 1. The van der Waals surface area contributed by atoms with Crippen LogP contribution in [0.4, 0.5) is 0 Å². The predicted octanol–water partition coefficient (Wildman–Crippen LogP) is 3.57. The third-order valence-corrected chi connectivity index (χ3v) is 4.05. The first kappa shape index (κ1) is 14.1. The van der Waals surface area contributed by atoms with Crippen LogP contribution >= 0.6 is 23.2 Å². The molecule has 2 rings (SSSR count). The second-order valence-electron chi connectivity index (χ2n) is 4.85. The number of nitrogens with zero attached hydrogens (tertiary/aromatic N) is 1. The van der Waals surface area contributed by atoms with Crippen molar-refractivity contribution in [3.05, 3.63) is 33.8 Å². The first-order chi connectivity index (χ1) is 8.70. The molecule has 1 aromatic carbocycles. The van der Waals surface area contributed by atoms with Gasteiger partial charge in [0, 0.05) is 29.2 Å². The average Bonchev–Trinajstić information content (AvgIpc) is 2.87. The van der Waals surface area contributed by atoms with Crippen LogP contribution in [0.25, 0.3) is 0 Å². The van der Waals surface area contributed by atoms with Gasteiger partial charge < -0.3 is 5.32 Å².